The van der Waals surface area contributed by atoms with Crippen LogP contribution in [0.5, 0.6) is 0 Å². The second-order valence-corrected chi connectivity index (χ2v) is 6.26. The Kier molecular flexibility index (Phi) is 4.76. The predicted molar refractivity (Wildman–Crippen MR) is 93.0 cm³/mol. The number of urea groups is 1. The van der Waals surface area contributed by atoms with Crippen LogP contribution in [0, 0.1) is 0 Å². The van der Waals surface area contributed by atoms with Crippen molar-refractivity contribution in [3.8, 4) is 0 Å². The number of hydrogen-bond acceptors (Lipinski definition) is 2. The van der Waals surface area contributed by atoms with E-state index >= 15 is 0 Å². The second kappa shape index (κ2) is 6.97. The standard InChI is InChI=1S/C17H19ClN4O2/c1-21(10-12-5-4-8-19-12)17(24)20-13-9-16(23)22(11-13)15-7-3-2-6-14(15)18/h2-8,13,19H,9-11H2,1H3,(H,20,24)/t13-/m0/s1. The van der Waals surface area contributed by atoms with Gasteiger partial charge in [-0.25, -0.2) is 4.79 Å². The first-order valence-electron chi connectivity index (χ1n) is 7.73. The predicted octanol–water partition coefficient (Wildman–Crippen LogP) is 2.62. The number of rotatable bonds is 4. The van der Waals surface area contributed by atoms with E-state index in [-0.39, 0.29) is 24.4 Å². The number of halogens is 1. The van der Waals surface area contributed by atoms with Gasteiger partial charge in [-0.3, -0.25) is 4.79 Å². The maximum absolute atomic E-state index is 12.3. The smallest absolute Gasteiger partial charge is 0.317 e. The van der Waals surface area contributed by atoms with Crippen LogP contribution in [0.15, 0.2) is 42.6 Å². The number of H-pyrrole nitrogens is 1. The van der Waals surface area contributed by atoms with Gasteiger partial charge in [-0.1, -0.05) is 23.7 Å². The first kappa shape index (κ1) is 16.4. The summed E-state index contributed by atoms with van der Waals surface area (Å²) in [6.45, 7) is 0.901. The molecule has 1 aromatic heterocycles. The summed E-state index contributed by atoms with van der Waals surface area (Å²) in [5, 5.41) is 3.44. The summed E-state index contributed by atoms with van der Waals surface area (Å²) in [7, 11) is 1.72. The van der Waals surface area contributed by atoms with E-state index in [4.69, 9.17) is 11.6 Å². The van der Waals surface area contributed by atoms with Crippen LogP contribution in [0.1, 0.15) is 12.1 Å². The Morgan fingerprint density at radius 1 is 1.38 bits per heavy atom. The van der Waals surface area contributed by atoms with Gasteiger partial charge >= 0.3 is 6.03 Å². The minimum absolute atomic E-state index is 0.0413. The molecule has 2 heterocycles. The Morgan fingerprint density at radius 2 is 2.17 bits per heavy atom. The molecular weight excluding hydrogens is 328 g/mol. The molecule has 2 aromatic rings. The lowest BCUT2D eigenvalue weighted by atomic mass is 10.2. The lowest BCUT2D eigenvalue weighted by molar-refractivity contribution is -0.117. The van der Waals surface area contributed by atoms with E-state index in [0.717, 1.165) is 5.69 Å². The fourth-order valence-electron chi connectivity index (χ4n) is 2.79. The van der Waals surface area contributed by atoms with Crippen LogP contribution in [-0.2, 0) is 11.3 Å². The lowest BCUT2D eigenvalue weighted by Crippen LogP contribution is -2.44. The highest BCUT2D eigenvalue weighted by molar-refractivity contribution is 6.33. The quantitative estimate of drug-likeness (QED) is 0.893. The molecule has 1 aliphatic heterocycles. The zero-order chi connectivity index (χ0) is 17.1. The summed E-state index contributed by atoms with van der Waals surface area (Å²) in [5.74, 6) is -0.0413. The minimum Gasteiger partial charge on any atom is -0.364 e. The summed E-state index contributed by atoms with van der Waals surface area (Å²) < 4.78 is 0. The average molecular weight is 347 g/mol. The van der Waals surface area contributed by atoms with Crippen LogP contribution in [0.3, 0.4) is 0 Å². The number of carbonyl (C=O) groups is 2. The number of hydrogen-bond donors (Lipinski definition) is 2. The van der Waals surface area contributed by atoms with Crippen LogP contribution in [-0.4, -0.2) is 41.5 Å². The highest BCUT2D eigenvalue weighted by Crippen LogP contribution is 2.28. The molecule has 7 heteroatoms. The Hall–Kier alpha value is -2.47. The summed E-state index contributed by atoms with van der Waals surface area (Å²) in [4.78, 5) is 30.8. The van der Waals surface area contributed by atoms with Gasteiger partial charge < -0.3 is 20.1 Å². The molecule has 0 spiro atoms. The molecule has 24 heavy (non-hydrogen) atoms. The Labute approximate surface area is 145 Å². The number of amides is 3. The molecule has 0 saturated carbocycles. The Bertz CT molecular complexity index is 732. The van der Waals surface area contributed by atoms with Crippen LogP contribution in [0.4, 0.5) is 10.5 Å². The molecule has 0 radical (unpaired) electrons. The highest BCUT2D eigenvalue weighted by Gasteiger charge is 2.33. The van der Waals surface area contributed by atoms with Gasteiger partial charge in [-0.05, 0) is 24.3 Å². The minimum atomic E-state index is -0.229. The summed E-state index contributed by atoms with van der Waals surface area (Å²) in [5.41, 5.74) is 1.63. The van der Waals surface area contributed by atoms with Crippen LogP contribution in [0.2, 0.25) is 5.02 Å². The molecule has 1 atom stereocenters. The van der Waals surface area contributed by atoms with Crippen molar-refractivity contribution in [3.05, 3.63) is 53.3 Å². The van der Waals surface area contributed by atoms with Crippen molar-refractivity contribution in [1.82, 2.24) is 15.2 Å². The van der Waals surface area contributed by atoms with Crippen molar-refractivity contribution < 1.29 is 9.59 Å². The van der Waals surface area contributed by atoms with Crippen LogP contribution >= 0.6 is 11.6 Å². The fraction of sp³-hybridized carbons (Fsp3) is 0.294. The lowest BCUT2D eigenvalue weighted by Gasteiger charge is -2.21. The monoisotopic (exact) mass is 346 g/mol. The van der Waals surface area contributed by atoms with Gasteiger partial charge in [0.25, 0.3) is 0 Å². The van der Waals surface area contributed by atoms with Gasteiger partial charge in [0.1, 0.15) is 0 Å². The molecular formula is C17H19ClN4O2. The maximum atomic E-state index is 12.3. The summed E-state index contributed by atoms with van der Waals surface area (Å²) in [6.07, 6.45) is 2.09. The molecule has 2 N–H and O–H groups in total. The molecule has 1 aliphatic rings. The van der Waals surface area contributed by atoms with Gasteiger partial charge in [-0.15, -0.1) is 0 Å². The van der Waals surface area contributed by atoms with Gasteiger partial charge in [0.05, 0.1) is 23.3 Å². The summed E-state index contributed by atoms with van der Waals surface area (Å²) >= 11 is 6.16. The van der Waals surface area contributed by atoms with E-state index in [1.807, 2.05) is 36.5 Å². The number of nitrogens with zero attached hydrogens (tertiary/aromatic N) is 2. The topological polar surface area (TPSA) is 68.4 Å². The van der Waals surface area contributed by atoms with E-state index in [0.29, 0.717) is 23.8 Å². The van der Waals surface area contributed by atoms with E-state index in [2.05, 4.69) is 10.3 Å². The van der Waals surface area contributed by atoms with Crippen molar-refractivity contribution in [2.24, 2.45) is 0 Å². The van der Waals surface area contributed by atoms with E-state index in [1.165, 1.54) is 0 Å². The van der Waals surface area contributed by atoms with Crippen molar-refractivity contribution in [2.45, 2.75) is 19.0 Å². The van der Waals surface area contributed by atoms with Crippen molar-refractivity contribution in [1.29, 1.82) is 0 Å². The molecule has 0 unspecified atom stereocenters. The van der Waals surface area contributed by atoms with Gasteiger partial charge in [0.15, 0.2) is 0 Å². The third kappa shape index (κ3) is 3.54. The van der Waals surface area contributed by atoms with E-state index in [1.54, 1.807) is 22.9 Å². The third-order valence-corrected chi connectivity index (χ3v) is 4.33. The van der Waals surface area contributed by atoms with Crippen molar-refractivity contribution >= 4 is 29.2 Å². The number of anilines is 1. The van der Waals surface area contributed by atoms with Gasteiger partial charge in [-0.2, -0.15) is 0 Å². The SMILES string of the molecule is CN(Cc1ccc[nH]1)C(=O)N[C@H]1CC(=O)N(c2ccccc2Cl)C1. The molecule has 3 rings (SSSR count). The molecule has 1 aromatic carbocycles. The highest BCUT2D eigenvalue weighted by atomic mass is 35.5. The van der Waals surface area contributed by atoms with Crippen molar-refractivity contribution in [3.63, 3.8) is 0 Å². The average Bonchev–Trinajstić information content (AvgIpc) is 3.17. The zero-order valence-corrected chi connectivity index (χ0v) is 14.1. The molecule has 6 nitrogen and oxygen atoms in total. The molecule has 3 amide bonds. The summed E-state index contributed by atoms with van der Waals surface area (Å²) in [6, 6.07) is 10.6. The third-order valence-electron chi connectivity index (χ3n) is 4.01. The fourth-order valence-corrected chi connectivity index (χ4v) is 3.02. The van der Waals surface area contributed by atoms with Crippen LogP contribution in [0.25, 0.3) is 0 Å². The molecule has 0 bridgehead atoms. The van der Waals surface area contributed by atoms with E-state index in [9.17, 15) is 9.59 Å². The Morgan fingerprint density at radius 3 is 2.88 bits per heavy atom. The van der Waals surface area contributed by atoms with Crippen molar-refractivity contribution in [2.75, 3.05) is 18.5 Å². The number of aromatic nitrogens is 1. The molecule has 1 fully saturated rings. The first-order chi connectivity index (χ1) is 11.5. The molecule has 0 aliphatic carbocycles. The zero-order valence-electron chi connectivity index (χ0n) is 13.3. The number of nitrogens with one attached hydrogen (secondary N) is 2. The first-order valence-corrected chi connectivity index (χ1v) is 8.11. The largest absolute Gasteiger partial charge is 0.364 e. The molecule has 1 saturated heterocycles. The van der Waals surface area contributed by atoms with Crippen LogP contribution < -0.4 is 10.2 Å². The second-order valence-electron chi connectivity index (χ2n) is 5.86. The van der Waals surface area contributed by atoms with E-state index < -0.39 is 0 Å². The van der Waals surface area contributed by atoms with Gasteiger partial charge in [0.2, 0.25) is 5.91 Å². The maximum Gasteiger partial charge on any atom is 0.317 e. The Balaban J connectivity index is 1.60. The number of para-hydroxylation sites is 1. The molecule has 126 valence electrons. The number of benzene rings is 1. The number of aromatic amines is 1. The number of carbonyl (C=O) groups excluding carboxylic acids is 2. The normalized spacial score (nSPS) is 17.2. The van der Waals surface area contributed by atoms with Gasteiger partial charge in [0, 0.05) is 31.9 Å².